The second-order valence-electron chi connectivity index (χ2n) is 14.5. The van der Waals surface area contributed by atoms with Crippen LogP contribution in [0.1, 0.15) is 5.56 Å². The molecule has 3 aromatic heterocycles. The first-order valence-electron chi connectivity index (χ1n) is 19.1. The van der Waals surface area contributed by atoms with E-state index in [9.17, 15) is 0 Å². The van der Waals surface area contributed by atoms with Gasteiger partial charge in [-0.3, -0.25) is 0 Å². The Morgan fingerprint density at radius 1 is 0.368 bits per heavy atom. The molecule has 5 heteroatoms. The van der Waals surface area contributed by atoms with E-state index in [1.807, 2.05) is 12.1 Å². The van der Waals surface area contributed by atoms with Crippen molar-refractivity contribution >= 4 is 53.4 Å². The highest BCUT2D eigenvalue weighted by atomic mass is 32.1. The first kappa shape index (κ1) is 33.2. The van der Waals surface area contributed by atoms with Crippen LogP contribution in [0.15, 0.2) is 186 Å². The number of furan rings is 1. The van der Waals surface area contributed by atoms with Crippen LogP contribution < -0.4 is 0 Å². The van der Waals surface area contributed by atoms with Crippen molar-refractivity contribution in [1.29, 1.82) is 0 Å². The number of thiophene rings is 1. The van der Waals surface area contributed by atoms with E-state index in [0.29, 0.717) is 17.5 Å². The molecule has 268 valence electrons. The molecule has 0 saturated carbocycles. The van der Waals surface area contributed by atoms with E-state index < -0.39 is 0 Å². The first-order chi connectivity index (χ1) is 28.1. The zero-order valence-corrected chi connectivity index (χ0v) is 31.8. The van der Waals surface area contributed by atoms with Gasteiger partial charge in [0.25, 0.3) is 0 Å². The van der Waals surface area contributed by atoms with Crippen LogP contribution in [0, 0.1) is 6.92 Å². The van der Waals surface area contributed by atoms with Gasteiger partial charge in [0.15, 0.2) is 17.5 Å². The van der Waals surface area contributed by atoms with Gasteiger partial charge in [-0.1, -0.05) is 151 Å². The van der Waals surface area contributed by atoms with Gasteiger partial charge >= 0.3 is 0 Å². The molecular formula is C52H33N3OS. The number of benzene rings is 8. The maximum atomic E-state index is 6.60. The molecule has 0 aliphatic rings. The highest BCUT2D eigenvalue weighted by Crippen LogP contribution is 2.41. The predicted molar refractivity (Wildman–Crippen MR) is 237 cm³/mol. The van der Waals surface area contributed by atoms with Crippen molar-refractivity contribution in [2.45, 2.75) is 6.92 Å². The first-order valence-corrected chi connectivity index (χ1v) is 19.9. The fraction of sp³-hybridized carbons (Fsp3) is 0.0192. The molecule has 0 bridgehead atoms. The van der Waals surface area contributed by atoms with Crippen LogP contribution >= 0.6 is 11.3 Å². The minimum absolute atomic E-state index is 0.589. The third-order valence-electron chi connectivity index (χ3n) is 10.8. The van der Waals surface area contributed by atoms with Gasteiger partial charge in [0.2, 0.25) is 0 Å². The topological polar surface area (TPSA) is 51.8 Å². The van der Waals surface area contributed by atoms with Crippen LogP contribution in [0.5, 0.6) is 0 Å². The summed E-state index contributed by atoms with van der Waals surface area (Å²) in [7, 11) is 0. The summed E-state index contributed by atoms with van der Waals surface area (Å²) in [6, 6.07) is 63.9. The largest absolute Gasteiger partial charge is 0.456 e. The molecule has 0 saturated heterocycles. The van der Waals surface area contributed by atoms with Gasteiger partial charge in [0.1, 0.15) is 11.2 Å². The van der Waals surface area contributed by atoms with E-state index in [-0.39, 0.29) is 0 Å². The zero-order valence-electron chi connectivity index (χ0n) is 31.0. The van der Waals surface area contributed by atoms with Crippen LogP contribution in [0.2, 0.25) is 0 Å². The maximum absolute atomic E-state index is 6.60. The minimum Gasteiger partial charge on any atom is -0.456 e. The fourth-order valence-corrected chi connectivity index (χ4v) is 9.19. The van der Waals surface area contributed by atoms with Gasteiger partial charge in [0, 0.05) is 47.6 Å². The van der Waals surface area contributed by atoms with Gasteiger partial charge in [-0.2, -0.15) is 0 Å². The molecule has 4 nitrogen and oxygen atoms in total. The highest BCUT2D eigenvalue weighted by Gasteiger charge is 2.19. The average molecular weight is 748 g/mol. The van der Waals surface area contributed by atoms with Gasteiger partial charge in [-0.25, -0.2) is 15.0 Å². The second-order valence-corrected chi connectivity index (χ2v) is 15.6. The second kappa shape index (κ2) is 13.5. The van der Waals surface area contributed by atoms with Gasteiger partial charge in [-0.15, -0.1) is 11.3 Å². The summed E-state index contributed by atoms with van der Waals surface area (Å²) < 4.78 is 9.04. The zero-order chi connectivity index (χ0) is 37.9. The van der Waals surface area contributed by atoms with Crippen molar-refractivity contribution in [3.05, 3.63) is 188 Å². The lowest BCUT2D eigenvalue weighted by Gasteiger charge is -2.11. The van der Waals surface area contributed by atoms with Crippen LogP contribution in [-0.2, 0) is 0 Å². The molecular weight excluding hydrogens is 715 g/mol. The third-order valence-corrected chi connectivity index (χ3v) is 11.9. The highest BCUT2D eigenvalue weighted by molar-refractivity contribution is 7.25. The Balaban J connectivity index is 1.07. The van der Waals surface area contributed by atoms with Gasteiger partial charge in [0.05, 0.1) is 0 Å². The minimum atomic E-state index is 0.589. The Hall–Kier alpha value is -7.21. The van der Waals surface area contributed by atoms with E-state index in [1.165, 1.54) is 31.5 Å². The van der Waals surface area contributed by atoms with E-state index in [1.54, 1.807) is 11.3 Å². The number of fused-ring (bicyclic) bond motifs is 6. The summed E-state index contributed by atoms with van der Waals surface area (Å²) >= 11 is 1.79. The molecule has 3 heterocycles. The Kier molecular flexibility index (Phi) is 7.86. The number of aryl methyl sites for hydroxylation is 1. The molecule has 0 radical (unpaired) electrons. The van der Waals surface area contributed by atoms with Crippen molar-refractivity contribution in [1.82, 2.24) is 15.0 Å². The molecule has 0 N–H and O–H groups in total. The Bertz CT molecular complexity index is 3310. The molecule has 0 amide bonds. The molecule has 0 unspecified atom stereocenters. The monoisotopic (exact) mass is 747 g/mol. The predicted octanol–water partition coefficient (Wildman–Crippen LogP) is 14.4. The smallest absolute Gasteiger partial charge is 0.164 e. The van der Waals surface area contributed by atoms with Crippen molar-refractivity contribution in [2.24, 2.45) is 0 Å². The van der Waals surface area contributed by atoms with Crippen LogP contribution in [0.3, 0.4) is 0 Å². The van der Waals surface area contributed by atoms with E-state index >= 15 is 0 Å². The molecule has 0 spiro atoms. The number of nitrogens with zero attached hydrogens (tertiary/aromatic N) is 3. The molecule has 0 fully saturated rings. The van der Waals surface area contributed by atoms with Gasteiger partial charge < -0.3 is 4.42 Å². The molecule has 11 rings (SSSR count). The lowest BCUT2D eigenvalue weighted by atomic mass is 9.96. The Morgan fingerprint density at radius 2 is 0.965 bits per heavy atom. The molecule has 0 aliphatic carbocycles. The lowest BCUT2D eigenvalue weighted by Crippen LogP contribution is -2.00. The van der Waals surface area contributed by atoms with Crippen LogP contribution in [-0.4, -0.2) is 15.0 Å². The summed E-state index contributed by atoms with van der Waals surface area (Å²) in [4.78, 5) is 15.6. The van der Waals surface area contributed by atoms with Crippen molar-refractivity contribution in [3.8, 4) is 67.5 Å². The summed E-state index contributed by atoms with van der Waals surface area (Å²) in [5.74, 6) is 1.84. The van der Waals surface area contributed by atoms with Crippen LogP contribution in [0.25, 0.3) is 110 Å². The quantitative estimate of drug-likeness (QED) is 0.170. The number of aromatic nitrogens is 3. The SMILES string of the molecule is Cc1cccc(-c2cccc(-c3nc(-c4ccc5c(c4)oc4cccc(-c6ccc(-c7ccccc7)cc6)c45)nc(-c4cccc5sc6ccccc6c45)n3)c2)c1. The Labute approximate surface area is 333 Å². The van der Waals surface area contributed by atoms with Crippen molar-refractivity contribution in [3.63, 3.8) is 0 Å². The third kappa shape index (κ3) is 5.88. The standard InChI is InChI=1S/C52H33N3OS/c1-32-11-7-14-36(29-32)37-15-8-16-38(30-37)50-53-51(55-52(54-50)43-19-10-22-47-49(43)42-17-5-6-21-46(42)57-47)39-27-28-41-45(31-39)56-44-20-9-18-40(48(41)44)35-25-23-34(24-26-35)33-12-3-2-4-13-33/h2-31H,1H3. The normalized spacial score (nSPS) is 11.6. The number of rotatable bonds is 6. The lowest BCUT2D eigenvalue weighted by molar-refractivity contribution is 0.669. The molecule has 57 heavy (non-hydrogen) atoms. The average Bonchev–Trinajstić information content (AvgIpc) is 3.85. The van der Waals surface area contributed by atoms with Gasteiger partial charge in [-0.05, 0) is 76.7 Å². The fourth-order valence-electron chi connectivity index (χ4n) is 8.06. The van der Waals surface area contributed by atoms with E-state index in [0.717, 1.165) is 66.3 Å². The van der Waals surface area contributed by atoms with E-state index in [4.69, 9.17) is 19.4 Å². The molecule has 11 aromatic rings. The van der Waals surface area contributed by atoms with Crippen molar-refractivity contribution < 1.29 is 4.42 Å². The summed E-state index contributed by atoms with van der Waals surface area (Å²) in [5, 5.41) is 4.50. The number of hydrogen-bond donors (Lipinski definition) is 0. The molecule has 8 aromatic carbocycles. The van der Waals surface area contributed by atoms with E-state index in [2.05, 4.69) is 177 Å². The summed E-state index contributed by atoms with van der Waals surface area (Å²) in [6.07, 6.45) is 0. The Morgan fingerprint density at radius 3 is 1.81 bits per heavy atom. The number of hydrogen-bond acceptors (Lipinski definition) is 5. The molecule has 0 aliphatic heterocycles. The van der Waals surface area contributed by atoms with Crippen LogP contribution in [0.4, 0.5) is 0 Å². The molecule has 0 atom stereocenters. The van der Waals surface area contributed by atoms with Crippen molar-refractivity contribution in [2.75, 3.05) is 0 Å². The summed E-state index contributed by atoms with van der Waals surface area (Å²) in [6.45, 7) is 2.12. The maximum Gasteiger partial charge on any atom is 0.164 e. The summed E-state index contributed by atoms with van der Waals surface area (Å²) in [5.41, 5.74) is 12.5.